The first-order chi connectivity index (χ1) is 12.2. The van der Waals surface area contributed by atoms with Gasteiger partial charge < -0.3 is 10.6 Å². The van der Waals surface area contributed by atoms with E-state index in [1.165, 1.54) is 49.8 Å². The molecule has 1 aliphatic heterocycles. The number of rotatable bonds is 3. The van der Waals surface area contributed by atoms with E-state index < -0.39 is 0 Å². The molecule has 3 fully saturated rings. The van der Waals surface area contributed by atoms with Crippen molar-refractivity contribution in [1.82, 2.24) is 0 Å². The molecule has 25 heavy (non-hydrogen) atoms. The van der Waals surface area contributed by atoms with Crippen LogP contribution in [0.3, 0.4) is 0 Å². The Labute approximate surface area is 151 Å². The predicted molar refractivity (Wildman–Crippen MR) is 102 cm³/mol. The third kappa shape index (κ3) is 2.67. The van der Waals surface area contributed by atoms with Crippen LogP contribution in [0, 0.1) is 23.7 Å². The summed E-state index contributed by atoms with van der Waals surface area (Å²) in [6, 6.07) is 7.19. The van der Waals surface area contributed by atoms with Crippen LogP contribution in [0.25, 0.3) is 0 Å². The number of hydrogen-bond donors (Lipinski definition) is 2. The Morgan fingerprint density at radius 3 is 2.84 bits per heavy atom. The van der Waals surface area contributed by atoms with E-state index in [9.17, 15) is 4.79 Å². The normalized spacial score (nSPS) is 36.0. The fraction of sp³-hybridized carbons (Fsp3) is 0.682. The topological polar surface area (TPSA) is 41.1 Å². The van der Waals surface area contributed by atoms with Gasteiger partial charge >= 0.3 is 0 Å². The van der Waals surface area contributed by atoms with Gasteiger partial charge in [-0.1, -0.05) is 19.8 Å². The molecule has 3 aliphatic carbocycles. The van der Waals surface area contributed by atoms with Crippen molar-refractivity contribution in [3.8, 4) is 0 Å². The quantitative estimate of drug-likeness (QED) is 0.800. The molecule has 3 heteroatoms. The highest BCUT2D eigenvalue weighted by atomic mass is 16.2. The van der Waals surface area contributed by atoms with E-state index in [0.29, 0.717) is 12.0 Å². The van der Waals surface area contributed by atoms with Crippen LogP contribution in [0.15, 0.2) is 18.2 Å². The van der Waals surface area contributed by atoms with Crippen LogP contribution in [0.4, 0.5) is 11.4 Å². The molecular weight excluding hydrogens is 308 g/mol. The average Bonchev–Trinajstić information content (AvgIpc) is 3.38. The molecule has 5 unspecified atom stereocenters. The highest BCUT2D eigenvalue weighted by Crippen LogP contribution is 2.56. The van der Waals surface area contributed by atoms with E-state index >= 15 is 0 Å². The Balaban J connectivity index is 1.46. The molecule has 0 saturated heterocycles. The van der Waals surface area contributed by atoms with Gasteiger partial charge in [0.05, 0.1) is 0 Å². The lowest BCUT2D eigenvalue weighted by molar-refractivity contribution is -0.117. The summed E-state index contributed by atoms with van der Waals surface area (Å²) in [7, 11) is 0. The van der Waals surface area contributed by atoms with Gasteiger partial charge in [-0.25, -0.2) is 0 Å². The zero-order valence-corrected chi connectivity index (χ0v) is 15.3. The molecule has 4 aliphatic rings. The Bertz CT molecular complexity index is 681. The van der Waals surface area contributed by atoms with Crippen LogP contribution in [0.5, 0.6) is 0 Å². The van der Waals surface area contributed by atoms with E-state index in [0.717, 1.165) is 36.3 Å². The van der Waals surface area contributed by atoms with Crippen LogP contribution < -0.4 is 10.6 Å². The number of anilines is 2. The molecule has 134 valence electrons. The number of nitrogens with one attached hydrogen (secondary N) is 2. The molecule has 1 amide bonds. The molecule has 3 saturated carbocycles. The van der Waals surface area contributed by atoms with Gasteiger partial charge in [-0.15, -0.1) is 0 Å². The van der Waals surface area contributed by atoms with E-state index in [1.807, 2.05) is 0 Å². The average molecular weight is 338 g/mol. The largest absolute Gasteiger partial charge is 0.382 e. The maximum absolute atomic E-state index is 12.1. The lowest BCUT2D eigenvalue weighted by Gasteiger charge is -2.49. The second kappa shape index (κ2) is 6.03. The molecule has 3 nitrogen and oxygen atoms in total. The maximum atomic E-state index is 12.1. The number of benzene rings is 1. The van der Waals surface area contributed by atoms with E-state index in [2.05, 4.69) is 35.8 Å². The first-order valence-electron chi connectivity index (χ1n) is 10.5. The van der Waals surface area contributed by atoms with Crippen molar-refractivity contribution in [2.45, 2.75) is 70.3 Å². The van der Waals surface area contributed by atoms with Crippen molar-refractivity contribution in [2.24, 2.45) is 23.7 Å². The summed E-state index contributed by atoms with van der Waals surface area (Å²) in [5, 5.41) is 7.02. The first kappa shape index (κ1) is 15.7. The minimum atomic E-state index is 0.214. The van der Waals surface area contributed by atoms with Gasteiger partial charge in [0.1, 0.15) is 0 Å². The third-order valence-corrected chi connectivity index (χ3v) is 7.44. The second-order valence-electron chi connectivity index (χ2n) is 8.84. The Hall–Kier alpha value is -1.51. The van der Waals surface area contributed by atoms with Gasteiger partial charge in [-0.3, -0.25) is 4.79 Å². The highest BCUT2D eigenvalue weighted by molar-refractivity contribution is 5.94. The van der Waals surface area contributed by atoms with Crippen molar-refractivity contribution < 1.29 is 4.79 Å². The van der Waals surface area contributed by atoms with Crippen molar-refractivity contribution in [3.05, 3.63) is 23.8 Å². The molecule has 0 radical (unpaired) electrons. The Morgan fingerprint density at radius 1 is 1.16 bits per heavy atom. The van der Waals surface area contributed by atoms with E-state index in [1.54, 1.807) is 0 Å². The summed E-state index contributed by atoms with van der Waals surface area (Å²) in [6.07, 6.45) is 10.4. The molecular formula is C22H30N2O. The molecule has 2 N–H and O–H groups in total. The van der Waals surface area contributed by atoms with Gasteiger partial charge in [-0.05, 0) is 86.0 Å². The Kier molecular flexibility index (Phi) is 3.79. The molecule has 1 heterocycles. The fourth-order valence-corrected chi connectivity index (χ4v) is 6.10. The smallest absolute Gasteiger partial charge is 0.227 e. The molecule has 1 aromatic rings. The standard InChI is InChI=1S/C22H30N2O/c1-2-19-21-16-5-3-4-13(16)8-10-17(21)18-12-15(9-11-20(18)24-19)23-22(25)14-6-7-14/h9,11-14,16-17,19,21,24H,2-8,10H2,1H3,(H,23,25). The zero-order valence-electron chi connectivity index (χ0n) is 15.3. The number of carbonyl (C=O) groups is 1. The summed E-state index contributed by atoms with van der Waals surface area (Å²) in [4.78, 5) is 12.1. The molecule has 0 bridgehead atoms. The number of carbonyl (C=O) groups excluding carboxylic acids is 1. The lowest BCUT2D eigenvalue weighted by atomic mass is 9.61. The lowest BCUT2D eigenvalue weighted by Crippen LogP contribution is -2.45. The summed E-state index contributed by atoms with van der Waals surface area (Å²) in [5.74, 6) is 3.82. The second-order valence-corrected chi connectivity index (χ2v) is 8.84. The molecule has 0 aromatic heterocycles. The SMILES string of the molecule is CCC1Nc2ccc(NC(=O)C3CC3)cc2C2CCC3CCCC3C12. The van der Waals surface area contributed by atoms with Gasteiger partial charge in [0.15, 0.2) is 0 Å². The van der Waals surface area contributed by atoms with Crippen LogP contribution in [-0.2, 0) is 4.79 Å². The fourth-order valence-electron chi connectivity index (χ4n) is 6.10. The summed E-state index contributed by atoms with van der Waals surface area (Å²) in [6.45, 7) is 2.34. The van der Waals surface area contributed by atoms with Crippen molar-refractivity contribution in [2.75, 3.05) is 10.6 Å². The molecule has 5 rings (SSSR count). The van der Waals surface area contributed by atoms with Crippen LogP contribution in [0.2, 0.25) is 0 Å². The van der Waals surface area contributed by atoms with Gasteiger partial charge in [-0.2, -0.15) is 0 Å². The predicted octanol–water partition coefficient (Wildman–Crippen LogP) is 5.15. The summed E-state index contributed by atoms with van der Waals surface area (Å²) >= 11 is 0. The summed E-state index contributed by atoms with van der Waals surface area (Å²) < 4.78 is 0. The highest BCUT2D eigenvalue weighted by Gasteiger charge is 2.47. The van der Waals surface area contributed by atoms with Crippen LogP contribution in [-0.4, -0.2) is 11.9 Å². The van der Waals surface area contributed by atoms with Crippen molar-refractivity contribution in [1.29, 1.82) is 0 Å². The minimum absolute atomic E-state index is 0.214. The molecule has 1 aromatic carbocycles. The number of fused-ring (bicyclic) bond motifs is 5. The zero-order chi connectivity index (χ0) is 17.0. The number of hydrogen-bond acceptors (Lipinski definition) is 2. The minimum Gasteiger partial charge on any atom is -0.382 e. The van der Waals surface area contributed by atoms with Gasteiger partial charge in [0.25, 0.3) is 0 Å². The van der Waals surface area contributed by atoms with Crippen LogP contribution in [0.1, 0.15) is 69.8 Å². The Morgan fingerprint density at radius 2 is 2.04 bits per heavy atom. The monoisotopic (exact) mass is 338 g/mol. The van der Waals surface area contributed by atoms with Gasteiger partial charge in [0.2, 0.25) is 5.91 Å². The van der Waals surface area contributed by atoms with Gasteiger partial charge in [0, 0.05) is 23.3 Å². The summed E-state index contributed by atoms with van der Waals surface area (Å²) in [5.41, 5.74) is 3.78. The molecule has 0 spiro atoms. The van der Waals surface area contributed by atoms with E-state index in [4.69, 9.17) is 0 Å². The van der Waals surface area contributed by atoms with Crippen LogP contribution >= 0.6 is 0 Å². The first-order valence-corrected chi connectivity index (χ1v) is 10.5. The van der Waals surface area contributed by atoms with Crippen molar-refractivity contribution >= 4 is 17.3 Å². The molecule has 5 atom stereocenters. The third-order valence-electron chi connectivity index (χ3n) is 7.44. The number of amides is 1. The van der Waals surface area contributed by atoms with Crippen molar-refractivity contribution in [3.63, 3.8) is 0 Å². The van der Waals surface area contributed by atoms with E-state index in [-0.39, 0.29) is 11.8 Å². The maximum Gasteiger partial charge on any atom is 0.227 e.